The Labute approximate surface area is 111 Å². The number of benzene rings is 1. The summed E-state index contributed by atoms with van der Waals surface area (Å²) in [5.74, 6) is 0. The Morgan fingerprint density at radius 3 is 2.39 bits per heavy atom. The number of rotatable bonds is 6. The molecule has 0 saturated carbocycles. The van der Waals surface area contributed by atoms with Crippen molar-refractivity contribution in [3.63, 3.8) is 0 Å². The van der Waals surface area contributed by atoms with E-state index < -0.39 is 18.2 Å². The van der Waals surface area contributed by atoms with E-state index in [1.807, 2.05) is 24.3 Å². The van der Waals surface area contributed by atoms with Gasteiger partial charge in [-0.2, -0.15) is 8.42 Å². The van der Waals surface area contributed by atoms with Crippen LogP contribution in [-0.4, -0.2) is 29.4 Å². The lowest BCUT2D eigenvalue weighted by Crippen LogP contribution is -2.39. The molecule has 3 nitrogen and oxygen atoms in total. The summed E-state index contributed by atoms with van der Waals surface area (Å²) in [5.41, 5.74) is 2.22. The van der Waals surface area contributed by atoms with Crippen molar-refractivity contribution in [3.05, 3.63) is 42.1 Å². The van der Waals surface area contributed by atoms with Crippen LogP contribution in [0.1, 0.15) is 6.42 Å². The largest absolute Gasteiger partial charge is 0.270 e. The first-order chi connectivity index (χ1) is 8.31. The van der Waals surface area contributed by atoms with E-state index in [1.54, 1.807) is 0 Å². The highest BCUT2D eigenvalue weighted by molar-refractivity contribution is 7.85. The van der Waals surface area contributed by atoms with Crippen LogP contribution in [-0.2, 0) is 14.3 Å². The molecule has 18 heavy (non-hydrogen) atoms. The van der Waals surface area contributed by atoms with Gasteiger partial charge in [0, 0.05) is 0 Å². The maximum absolute atomic E-state index is 10.8. The molecule has 5 heteroatoms. The fourth-order valence-corrected chi connectivity index (χ4v) is 4.01. The monoisotopic (exact) mass is 284 g/mol. The first kappa shape index (κ1) is 15.1. The van der Waals surface area contributed by atoms with Gasteiger partial charge in [0.2, 0.25) is 0 Å². The third-order valence-corrected chi connectivity index (χ3v) is 6.12. The van der Waals surface area contributed by atoms with Gasteiger partial charge in [-0.05, 0) is 6.42 Å². The van der Waals surface area contributed by atoms with E-state index in [9.17, 15) is 8.42 Å². The predicted octanol–water partition coefficient (Wildman–Crippen LogP) is 2.06. The summed E-state index contributed by atoms with van der Waals surface area (Å²) in [6, 6.07) is 10.4. The summed E-state index contributed by atoms with van der Waals surface area (Å²) in [4.78, 5) is 0. The number of hydrogen-bond acceptors (Lipinski definition) is 3. The molecule has 0 radical (unpaired) electrons. The molecule has 0 fully saturated rings. The van der Waals surface area contributed by atoms with Crippen LogP contribution in [0.4, 0.5) is 0 Å². The van der Waals surface area contributed by atoms with Gasteiger partial charge in [-0.25, -0.2) is 0 Å². The smallest absolute Gasteiger partial charge is 0.264 e. The van der Waals surface area contributed by atoms with Crippen molar-refractivity contribution in [2.75, 3.05) is 12.9 Å². The van der Waals surface area contributed by atoms with Crippen molar-refractivity contribution in [1.29, 1.82) is 0 Å². The maximum atomic E-state index is 10.8. The van der Waals surface area contributed by atoms with E-state index in [0.717, 1.165) is 6.26 Å². The van der Waals surface area contributed by atoms with Gasteiger partial charge in [0.05, 0.1) is 12.9 Å². The van der Waals surface area contributed by atoms with Crippen molar-refractivity contribution >= 4 is 23.4 Å². The minimum atomic E-state index is -3.31. The first-order valence-corrected chi connectivity index (χ1v) is 10.8. The van der Waals surface area contributed by atoms with Crippen molar-refractivity contribution in [3.8, 4) is 0 Å². The third-order valence-electron chi connectivity index (χ3n) is 2.63. The van der Waals surface area contributed by atoms with Crippen LogP contribution >= 0.6 is 0 Å². The highest BCUT2D eigenvalue weighted by Gasteiger charge is 2.18. The van der Waals surface area contributed by atoms with E-state index in [0.29, 0.717) is 6.42 Å². The molecule has 1 rings (SSSR count). The zero-order valence-electron chi connectivity index (χ0n) is 11.1. The van der Waals surface area contributed by atoms with Crippen LogP contribution in [0, 0.1) is 0 Å². The molecule has 0 unspecified atom stereocenters. The molecular weight excluding hydrogens is 264 g/mol. The minimum absolute atomic E-state index is 0.217. The van der Waals surface area contributed by atoms with Crippen molar-refractivity contribution in [1.82, 2.24) is 0 Å². The van der Waals surface area contributed by atoms with E-state index in [-0.39, 0.29) is 6.61 Å². The van der Waals surface area contributed by atoms with Gasteiger partial charge in [-0.15, -0.1) is 0 Å². The average Bonchev–Trinajstić information content (AvgIpc) is 2.28. The second-order valence-electron chi connectivity index (χ2n) is 4.80. The summed E-state index contributed by atoms with van der Waals surface area (Å²) in [7, 11) is -4.88. The quantitative estimate of drug-likeness (QED) is 0.456. The molecule has 0 N–H and O–H groups in total. The molecule has 0 aliphatic heterocycles. The lowest BCUT2D eigenvalue weighted by atomic mass is 10.4. The highest BCUT2D eigenvalue weighted by Crippen LogP contribution is 2.06. The second kappa shape index (κ2) is 6.31. The molecule has 0 aliphatic carbocycles. The molecule has 1 aromatic carbocycles. The lowest BCUT2D eigenvalue weighted by Gasteiger charge is -2.18. The van der Waals surface area contributed by atoms with Crippen molar-refractivity contribution in [2.24, 2.45) is 0 Å². The molecule has 0 spiro atoms. The van der Waals surface area contributed by atoms with Gasteiger partial charge in [-0.3, -0.25) is 4.18 Å². The van der Waals surface area contributed by atoms with E-state index in [4.69, 9.17) is 0 Å². The Bertz CT molecular complexity index is 492. The van der Waals surface area contributed by atoms with Crippen LogP contribution in [0.15, 0.2) is 42.1 Å². The first-order valence-electron chi connectivity index (χ1n) is 5.89. The average molecular weight is 284 g/mol. The summed E-state index contributed by atoms with van der Waals surface area (Å²) in [5, 5.41) is 1.37. The summed E-state index contributed by atoms with van der Waals surface area (Å²) in [6.07, 6.45) is 3.71. The molecule has 100 valence electrons. The predicted molar refractivity (Wildman–Crippen MR) is 78.1 cm³/mol. The molecule has 0 saturated heterocycles. The SMILES string of the molecule is C[Si](C)(/C=C\CCOS(C)(=O)=O)c1ccccc1. The Morgan fingerprint density at radius 2 is 1.83 bits per heavy atom. The summed E-state index contributed by atoms with van der Waals surface area (Å²) in [6.45, 7) is 4.74. The molecule has 0 aliphatic rings. The van der Waals surface area contributed by atoms with Crippen molar-refractivity contribution < 1.29 is 12.6 Å². The molecule has 0 heterocycles. The fourth-order valence-electron chi connectivity index (χ4n) is 1.61. The molecular formula is C13H20O3SSi. The van der Waals surface area contributed by atoms with Crippen LogP contribution in [0.25, 0.3) is 0 Å². The molecule has 1 aromatic rings. The van der Waals surface area contributed by atoms with Gasteiger partial charge in [0.25, 0.3) is 10.1 Å². The van der Waals surface area contributed by atoms with Gasteiger partial charge in [0.15, 0.2) is 0 Å². The van der Waals surface area contributed by atoms with E-state index >= 15 is 0 Å². The topological polar surface area (TPSA) is 43.4 Å². The minimum Gasteiger partial charge on any atom is -0.270 e. The maximum Gasteiger partial charge on any atom is 0.264 e. The van der Waals surface area contributed by atoms with E-state index in [1.165, 1.54) is 5.19 Å². The third kappa shape index (κ3) is 5.62. The number of hydrogen-bond donors (Lipinski definition) is 0. The highest BCUT2D eigenvalue weighted by atomic mass is 32.2. The Kier molecular flexibility index (Phi) is 5.31. The summed E-state index contributed by atoms with van der Waals surface area (Å²) >= 11 is 0. The normalized spacial score (nSPS) is 13.1. The standard InChI is InChI=1S/C13H20O3SSi/c1-17(14,15)16-11-7-8-12-18(2,3)13-9-5-4-6-10-13/h4-6,8-10,12H,7,11H2,1-3H3/b12-8-. The lowest BCUT2D eigenvalue weighted by molar-refractivity contribution is 0.328. The molecule has 0 amide bonds. The van der Waals surface area contributed by atoms with Crippen LogP contribution in [0.3, 0.4) is 0 Å². The van der Waals surface area contributed by atoms with Gasteiger partial charge in [0.1, 0.15) is 8.07 Å². The summed E-state index contributed by atoms with van der Waals surface area (Å²) < 4.78 is 26.2. The van der Waals surface area contributed by atoms with E-state index in [2.05, 4.69) is 35.1 Å². The second-order valence-corrected chi connectivity index (χ2v) is 10.8. The Hall–Kier alpha value is -0.913. The van der Waals surface area contributed by atoms with Gasteiger partial charge in [-0.1, -0.05) is 60.4 Å². The Morgan fingerprint density at radius 1 is 1.22 bits per heavy atom. The zero-order chi connectivity index (χ0) is 13.6. The molecule has 0 atom stereocenters. The van der Waals surface area contributed by atoms with Gasteiger partial charge >= 0.3 is 0 Å². The van der Waals surface area contributed by atoms with Crippen molar-refractivity contribution in [2.45, 2.75) is 19.5 Å². The van der Waals surface area contributed by atoms with Crippen LogP contribution in [0.5, 0.6) is 0 Å². The molecule has 0 bridgehead atoms. The van der Waals surface area contributed by atoms with Crippen LogP contribution < -0.4 is 5.19 Å². The Balaban J connectivity index is 2.51. The fraction of sp³-hybridized carbons (Fsp3) is 0.385. The molecule has 0 aromatic heterocycles. The van der Waals surface area contributed by atoms with Crippen LogP contribution in [0.2, 0.25) is 13.1 Å². The zero-order valence-corrected chi connectivity index (χ0v) is 12.9. The van der Waals surface area contributed by atoms with Gasteiger partial charge < -0.3 is 0 Å².